The number of carbonyl (C=O) groups is 1. The van der Waals surface area contributed by atoms with E-state index in [-0.39, 0.29) is 15.8 Å². The van der Waals surface area contributed by atoms with Gasteiger partial charge in [-0.1, -0.05) is 0 Å². The highest BCUT2D eigenvalue weighted by atomic mass is 79.9. The first-order valence-corrected chi connectivity index (χ1v) is 5.93. The van der Waals surface area contributed by atoms with Crippen molar-refractivity contribution in [1.29, 1.82) is 0 Å². The molecule has 0 saturated carbocycles. The van der Waals surface area contributed by atoms with Crippen LogP contribution < -0.4 is 10.6 Å². The Morgan fingerprint density at radius 1 is 1.33 bits per heavy atom. The van der Waals surface area contributed by atoms with Crippen molar-refractivity contribution in [3.63, 3.8) is 0 Å². The maximum absolute atomic E-state index is 13.9. The first kappa shape index (κ1) is 13.2. The number of fused-ring (bicyclic) bond motifs is 1. The van der Waals surface area contributed by atoms with Crippen LogP contribution in [0.25, 0.3) is 0 Å². The summed E-state index contributed by atoms with van der Waals surface area (Å²) in [4.78, 5) is 11.7. The predicted molar refractivity (Wildman–Crippen MR) is 65.4 cm³/mol. The van der Waals surface area contributed by atoms with Gasteiger partial charge in [0, 0.05) is 5.56 Å². The Bertz CT molecular complexity index is 532. The lowest BCUT2D eigenvalue weighted by molar-refractivity contribution is -0.119. The molecule has 0 bridgehead atoms. The van der Waals surface area contributed by atoms with Crippen molar-refractivity contribution in [3.05, 3.63) is 21.9 Å². The molecule has 0 atom stereocenters. The summed E-state index contributed by atoms with van der Waals surface area (Å²) in [5, 5.41) is 4.97. The van der Waals surface area contributed by atoms with Crippen molar-refractivity contribution in [3.8, 4) is 0 Å². The second kappa shape index (κ2) is 4.15. The first-order valence-electron chi connectivity index (χ1n) is 5.13. The summed E-state index contributed by atoms with van der Waals surface area (Å²) in [5.74, 6) is -1.19. The lowest BCUT2D eigenvalue weighted by Crippen LogP contribution is -2.48. The largest absolute Gasteiger partial charge is 0.368 e. The molecule has 0 spiro atoms. The Morgan fingerprint density at radius 3 is 2.50 bits per heavy atom. The van der Waals surface area contributed by atoms with Crippen molar-refractivity contribution in [2.75, 3.05) is 10.6 Å². The van der Waals surface area contributed by atoms with Crippen LogP contribution in [0.3, 0.4) is 0 Å². The van der Waals surface area contributed by atoms with E-state index in [0.717, 1.165) is 6.07 Å². The van der Waals surface area contributed by atoms with Crippen LogP contribution in [0.15, 0.2) is 10.5 Å². The fraction of sp³-hybridized carbons (Fsp3) is 0.364. The standard InChI is InChI=1S/C11H10BrF3N2O/c1-11(2)10(18)16-7-4(9(14)15)3-5(12)6(13)8(7)17-11/h3,9,17H,1-2H3,(H,16,18). The van der Waals surface area contributed by atoms with Crippen molar-refractivity contribution >= 4 is 33.2 Å². The molecule has 98 valence electrons. The average Bonchev–Trinajstić information content (AvgIpc) is 2.26. The van der Waals surface area contributed by atoms with Crippen molar-refractivity contribution in [1.82, 2.24) is 0 Å². The molecule has 0 unspecified atom stereocenters. The Labute approximate surface area is 110 Å². The van der Waals surface area contributed by atoms with Crippen molar-refractivity contribution in [2.45, 2.75) is 25.8 Å². The van der Waals surface area contributed by atoms with Crippen LogP contribution in [0.5, 0.6) is 0 Å². The number of carbonyl (C=O) groups excluding carboxylic acids is 1. The maximum Gasteiger partial charge on any atom is 0.265 e. The molecule has 1 aromatic carbocycles. The van der Waals surface area contributed by atoms with Gasteiger partial charge in [-0.2, -0.15) is 0 Å². The van der Waals surface area contributed by atoms with E-state index >= 15 is 0 Å². The van der Waals surface area contributed by atoms with Crippen LogP contribution in [-0.4, -0.2) is 11.4 Å². The number of alkyl halides is 2. The Balaban J connectivity index is 2.67. The molecule has 18 heavy (non-hydrogen) atoms. The van der Waals surface area contributed by atoms with E-state index in [2.05, 4.69) is 26.6 Å². The third-order valence-corrected chi connectivity index (χ3v) is 3.31. The fourth-order valence-corrected chi connectivity index (χ4v) is 2.15. The Hall–Kier alpha value is -1.24. The van der Waals surface area contributed by atoms with Gasteiger partial charge in [0.2, 0.25) is 5.91 Å². The van der Waals surface area contributed by atoms with Gasteiger partial charge in [-0.3, -0.25) is 4.79 Å². The highest BCUT2D eigenvalue weighted by Crippen LogP contribution is 2.42. The molecule has 2 rings (SSSR count). The van der Waals surface area contributed by atoms with Crippen molar-refractivity contribution in [2.24, 2.45) is 0 Å². The number of amides is 1. The van der Waals surface area contributed by atoms with Gasteiger partial charge < -0.3 is 10.6 Å². The van der Waals surface area contributed by atoms with Gasteiger partial charge in [-0.25, -0.2) is 13.2 Å². The molecule has 0 radical (unpaired) electrons. The minimum absolute atomic E-state index is 0.0731. The Kier molecular flexibility index (Phi) is 3.04. The summed E-state index contributed by atoms with van der Waals surface area (Å²) in [5.41, 5.74) is -1.80. The molecule has 0 aromatic heterocycles. The summed E-state index contributed by atoms with van der Waals surface area (Å²) in [7, 11) is 0. The zero-order chi connectivity index (χ0) is 13.7. The number of hydrogen-bond acceptors (Lipinski definition) is 2. The van der Waals surface area contributed by atoms with E-state index in [9.17, 15) is 18.0 Å². The molecule has 1 aliphatic rings. The number of rotatable bonds is 1. The van der Waals surface area contributed by atoms with Crippen LogP contribution in [0, 0.1) is 5.82 Å². The molecule has 1 aromatic rings. The van der Waals surface area contributed by atoms with E-state index in [4.69, 9.17) is 0 Å². The number of nitrogens with one attached hydrogen (secondary N) is 2. The smallest absolute Gasteiger partial charge is 0.265 e. The summed E-state index contributed by atoms with van der Waals surface area (Å²) in [6.45, 7) is 3.07. The van der Waals surface area contributed by atoms with Crippen LogP contribution in [0.4, 0.5) is 24.5 Å². The highest BCUT2D eigenvalue weighted by molar-refractivity contribution is 9.10. The van der Waals surface area contributed by atoms with Gasteiger partial charge in [0.15, 0.2) is 5.82 Å². The second-order valence-electron chi connectivity index (χ2n) is 4.52. The highest BCUT2D eigenvalue weighted by Gasteiger charge is 2.37. The number of halogens is 4. The predicted octanol–water partition coefficient (Wildman–Crippen LogP) is 3.67. The molecular weight excluding hydrogens is 313 g/mol. The van der Waals surface area contributed by atoms with Gasteiger partial charge >= 0.3 is 0 Å². The summed E-state index contributed by atoms with van der Waals surface area (Å²) < 4.78 is 39.5. The fourth-order valence-electron chi connectivity index (χ4n) is 1.71. The van der Waals surface area contributed by atoms with E-state index in [1.807, 2.05) is 0 Å². The van der Waals surface area contributed by atoms with E-state index in [1.165, 1.54) is 13.8 Å². The van der Waals surface area contributed by atoms with Gasteiger partial charge in [-0.05, 0) is 35.8 Å². The third-order valence-electron chi connectivity index (χ3n) is 2.73. The second-order valence-corrected chi connectivity index (χ2v) is 5.37. The number of anilines is 2. The van der Waals surface area contributed by atoms with Gasteiger partial charge in [-0.15, -0.1) is 0 Å². The minimum atomic E-state index is -2.81. The van der Waals surface area contributed by atoms with Crippen LogP contribution in [0.1, 0.15) is 25.8 Å². The minimum Gasteiger partial charge on any atom is -0.368 e. The molecular formula is C11H10BrF3N2O. The number of hydrogen-bond donors (Lipinski definition) is 2. The van der Waals surface area contributed by atoms with E-state index in [1.54, 1.807) is 0 Å². The zero-order valence-corrected chi connectivity index (χ0v) is 11.2. The Morgan fingerprint density at radius 2 is 1.94 bits per heavy atom. The lowest BCUT2D eigenvalue weighted by atomic mass is 9.98. The van der Waals surface area contributed by atoms with Crippen LogP contribution >= 0.6 is 15.9 Å². The molecule has 0 saturated heterocycles. The number of benzene rings is 1. The molecule has 0 fully saturated rings. The topological polar surface area (TPSA) is 41.1 Å². The summed E-state index contributed by atoms with van der Waals surface area (Å²) in [6.07, 6.45) is -2.81. The van der Waals surface area contributed by atoms with Crippen LogP contribution in [-0.2, 0) is 4.79 Å². The van der Waals surface area contributed by atoms with Gasteiger partial charge in [0.25, 0.3) is 6.43 Å². The van der Waals surface area contributed by atoms with Crippen LogP contribution in [0.2, 0.25) is 0 Å². The van der Waals surface area contributed by atoms with E-state index < -0.39 is 29.3 Å². The van der Waals surface area contributed by atoms with Crippen molar-refractivity contribution < 1.29 is 18.0 Å². The summed E-state index contributed by atoms with van der Waals surface area (Å²) >= 11 is 2.89. The normalized spacial score (nSPS) is 17.2. The SMILES string of the molecule is CC1(C)Nc2c(F)c(Br)cc(C(F)F)c2NC1=O. The first-order chi connectivity index (χ1) is 8.24. The lowest BCUT2D eigenvalue weighted by Gasteiger charge is -2.34. The molecule has 3 nitrogen and oxygen atoms in total. The van der Waals surface area contributed by atoms with Gasteiger partial charge in [0.05, 0.1) is 15.8 Å². The van der Waals surface area contributed by atoms with E-state index in [0.29, 0.717) is 0 Å². The molecule has 1 heterocycles. The quantitative estimate of drug-likeness (QED) is 0.828. The third kappa shape index (κ3) is 1.96. The molecule has 2 N–H and O–H groups in total. The van der Waals surface area contributed by atoms with Gasteiger partial charge in [0.1, 0.15) is 5.54 Å². The maximum atomic E-state index is 13.9. The molecule has 1 aliphatic heterocycles. The average molecular weight is 323 g/mol. The summed E-state index contributed by atoms with van der Waals surface area (Å²) in [6, 6.07) is 0.971. The molecule has 7 heteroatoms. The molecule has 0 aliphatic carbocycles. The monoisotopic (exact) mass is 322 g/mol. The molecule has 1 amide bonds. The zero-order valence-electron chi connectivity index (χ0n) is 9.57.